The van der Waals surface area contributed by atoms with Crippen LogP contribution in [0, 0.1) is 0 Å². The summed E-state index contributed by atoms with van der Waals surface area (Å²) in [4.78, 5) is 71.7. The molecule has 1 saturated heterocycles. The molecule has 0 radical (unpaired) electrons. The quantitative estimate of drug-likeness (QED) is 0.0189. The zero-order chi connectivity index (χ0) is 55.5. The number of nitrogens with one attached hydrogen (secondary N) is 2. The number of halogens is 1. The molecule has 0 aliphatic carbocycles. The molecule has 81 heavy (non-hydrogen) atoms. The van der Waals surface area contributed by atoms with Gasteiger partial charge in [-0.2, -0.15) is 0 Å². The van der Waals surface area contributed by atoms with Gasteiger partial charge in [0.1, 0.15) is 28.3 Å². The van der Waals surface area contributed by atoms with Crippen molar-refractivity contribution in [1.29, 1.82) is 0 Å². The molecular formula is C66H52ClN5O7S2. The normalized spacial score (nSPS) is 15.5. The van der Waals surface area contributed by atoms with Crippen LogP contribution in [0.4, 0.5) is 5.13 Å². The number of rotatable bonds is 20. The number of thioether (sulfide) groups is 1. The van der Waals surface area contributed by atoms with Crippen LogP contribution in [0.2, 0.25) is 0 Å². The molecule has 402 valence electrons. The molecule has 3 heterocycles. The Morgan fingerprint density at radius 3 is 1.47 bits per heavy atom. The van der Waals surface area contributed by atoms with Crippen LogP contribution < -0.4 is 10.6 Å². The number of hydrogen-bond acceptors (Lipinski definition) is 12. The van der Waals surface area contributed by atoms with Crippen molar-refractivity contribution in [2.45, 2.75) is 35.3 Å². The Labute approximate surface area is 482 Å². The number of benzene rings is 8. The molecule has 12 nitrogen and oxygen atoms in total. The van der Waals surface area contributed by atoms with E-state index in [1.807, 2.05) is 212 Å². The highest BCUT2D eigenvalue weighted by molar-refractivity contribution is 8.00. The van der Waals surface area contributed by atoms with Crippen molar-refractivity contribution < 1.29 is 33.5 Å². The highest BCUT2D eigenvalue weighted by Gasteiger charge is 2.55. The Balaban J connectivity index is 0.943. The predicted octanol–water partition coefficient (Wildman–Crippen LogP) is 12.6. The summed E-state index contributed by atoms with van der Waals surface area (Å²) >= 11 is 9.09. The number of ether oxygens (including phenoxy) is 2. The Bertz CT molecular complexity index is 3500. The van der Waals surface area contributed by atoms with Crippen molar-refractivity contribution in [3.63, 3.8) is 0 Å². The fourth-order valence-electron chi connectivity index (χ4n) is 10.1. The molecule has 3 atom stereocenters. The van der Waals surface area contributed by atoms with Crippen molar-refractivity contribution in [2.75, 3.05) is 16.9 Å². The Hall–Kier alpha value is -9.08. The number of carbonyl (C=O) groups excluding carboxylic acids is 4. The molecule has 2 aliphatic rings. The van der Waals surface area contributed by atoms with Crippen LogP contribution in [0.15, 0.2) is 264 Å². The van der Waals surface area contributed by atoms with Crippen molar-refractivity contribution in [3.05, 3.63) is 310 Å². The van der Waals surface area contributed by atoms with Crippen LogP contribution in [0.5, 0.6) is 0 Å². The van der Waals surface area contributed by atoms with Crippen molar-refractivity contribution in [1.82, 2.24) is 15.2 Å². The van der Waals surface area contributed by atoms with E-state index >= 15 is 4.79 Å². The van der Waals surface area contributed by atoms with Crippen LogP contribution in [-0.4, -0.2) is 62.4 Å². The second-order valence-electron chi connectivity index (χ2n) is 19.0. The number of alkyl halides is 1. The first kappa shape index (κ1) is 53.9. The zero-order valence-electron chi connectivity index (χ0n) is 43.4. The molecule has 9 aromatic rings. The van der Waals surface area contributed by atoms with E-state index in [4.69, 9.17) is 30.9 Å². The maximum atomic E-state index is 15.2. The van der Waals surface area contributed by atoms with Crippen molar-refractivity contribution in [3.8, 4) is 0 Å². The lowest BCUT2D eigenvalue weighted by molar-refractivity contribution is -0.162. The van der Waals surface area contributed by atoms with E-state index in [0.717, 1.165) is 38.9 Å². The summed E-state index contributed by atoms with van der Waals surface area (Å²) < 4.78 is 12.6. The number of oxime groups is 1. The summed E-state index contributed by atoms with van der Waals surface area (Å²) in [6, 6.07) is 75.0. The van der Waals surface area contributed by atoms with Gasteiger partial charge in [-0.1, -0.05) is 248 Å². The molecule has 2 aliphatic heterocycles. The van der Waals surface area contributed by atoms with Gasteiger partial charge in [-0.15, -0.1) is 34.7 Å². The van der Waals surface area contributed by atoms with Crippen LogP contribution >= 0.6 is 34.7 Å². The number of esters is 2. The van der Waals surface area contributed by atoms with Gasteiger partial charge in [-0.3, -0.25) is 14.5 Å². The van der Waals surface area contributed by atoms with E-state index in [2.05, 4.69) is 15.8 Å². The lowest BCUT2D eigenvalue weighted by Gasteiger charge is -2.49. The van der Waals surface area contributed by atoms with E-state index < -0.39 is 59.0 Å². The lowest BCUT2D eigenvalue weighted by atomic mass is 9.77. The summed E-state index contributed by atoms with van der Waals surface area (Å²) in [7, 11) is 0. The van der Waals surface area contributed by atoms with E-state index in [1.165, 1.54) is 28.0 Å². The molecule has 0 bridgehead atoms. The monoisotopic (exact) mass is 1130 g/mol. The Kier molecular flexibility index (Phi) is 16.6. The van der Waals surface area contributed by atoms with Crippen LogP contribution in [0.1, 0.15) is 68.5 Å². The van der Waals surface area contributed by atoms with Gasteiger partial charge < -0.3 is 24.9 Å². The molecule has 0 spiro atoms. The number of amides is 2. The number of carbonyl (C=O) groups is 4. The van der Waals surface area contributed by atoms with Gasteiger partial charge >= 0.3 is 11.9 Å². The Morgan fingerprint density at radius 2 is 1.02 bits per heavy atom. The van der Waals surface area contributed by atoms with Crippen LogP contribution in [0.3, 0.4) is 0 Å². The third-order valence-corrected chi connectivity index (χ3v) is 16.4. The second kappa shape index (κ2) is 24.9. The van der Waals surface area contributed by atoms with Crippen molar-refractivity contribution >= 4 is 69.3 Å². The van der Waals surface area contributed by atoms with Gasteiger partial charge in [0.05, 0.1) is 0 Å². The number of β-lactam (4-membered cyclic amide) rings is 1. The van der Waals surface area contributed by atoms with E-state index in [0.29, 0.717) is 16.3 Å². The largest absolute Gasteiger partial charge is 0.449 e. The third kappa shape index (κ3) is 11.5. The standard InChI is InChI=1S/C66H52ClN5O7S2/c67-41-49-42-80-62-55(61(74)72(62)56(49)63(75)77-57(44-25-9-1-10-26-44)45-27-11-2-12-28-45)69-60(73)54(71-79-59(48-33-17-5-18-34-48)64(76)78-58(46-29-13-3-14-30-46)47-31-15-4-16-32-47)53-43-81-65(68-53)70-66(50-35-19-6-20-36-50,51-37-21-7-22-38-51)52-39-23-8-24-40-52/h1-40,43,55,57-59,62H,41-42H2,(H,68,70)(H,69,73)/b71-54+/t55?,59?,62-/m1/s1. The number of aromatic nitrogens is 1. The SMILES string of the molecule is O=C(OC(c1ccccc1)c1ccccc1)C1=C(CCl)CS[C@@H]2C(NC(=O)/C(=N/OC(C(=O)OC(c3ccccc3)c3ccccc3)c3ccccc3)c3csc(NC(c4ccccc4)(c4ccccc4)c4ccccc4)n3)C(=O)N12. The van der Waals surface area contributed by atoms with Gasteiger partial charge in [-0.05, 0) is 44.5 Å². The number of nitrogens with zero attached hydrogens (tertiary/aromatic N) is 3. The molecule has 1 fully saturated rings. The van der Waals surface area contributed by atoms with E-state index in [1.54, 1.807) is 35.7 Å². The first-order chi connectivity index (χ1) is 39.8. The molecule has 15 heteroatoms. The number of fused-ring (bicyclic) bond motifs is 1. The lowest BCUT2D eigenvalue weighted by Crippen LogP contribution is -2.71. The fourth-order valence-corrected chi connectivity index (χ4v) is 12.5. The molecule has 2 N–H and O–H groups in total. The van der Waals surface area contributed by atoms with Gasteiger partial charge in [0, 0.05) is 22.6 Å². The predicted molar refractivity (Wildman–Crippen MR) is 316 cm³/mol. The van der Waals surface area contributed by atoms with Crippen LogP contribution in [-0.2, 0) is 39.0 Å². The highest BCUT2D eigenvalue weighted by Crippen LogP contribution is 2.43. The summed E-state index contributed by atoms with van der Waals surface area (Å²) in [6.45, 7) is 0. The second-order valence-corrected chi connectivity index (χ2v) is 21.3. The third-order valence-electron chi connectivity index (χ3n) is 14.0. The molecule has 8 aromatic carbocycles. The molecule has 1 aromatic heterocycles. The summed E-state index contributed by atoms with van der Waals surface area (Å²) in [5.74, 6) is -2.67. The topological polar surface area (TPSA) is 149 Å². The molecule has 11 rings (SSSR count). The molecule has 2 amide bonds. The first-order valence-electron chi connectivity index (χ1n) is 26.1. The minimum Gasteiger partial charge on any atom is -0.449 e. The smallest absolute Gasteiger partial charge is 0.356 e. The van der Waals surface area contributed by atoms with Crippen LogP contribution in [0.25, 0.3) is 0 Å². The summed E-state index contributed by atoms with van der Waals surface area (Å²) in [5.41, 5.74) is 5.39. The van der Waals surface area contributed by atoms with Crippen molar-refractivity contribution in [2.24, 2.45) is 5.16 Å². The average Bonchev–Trinajstić information content (AvgIpc) is 3.94. The average molecular weight is 1130 g/mol. The van der Waals surface area contributed by atoms with Gasteiger partial charge in [0.15, 0.2) is 23.1 Å². The van der Waals surface area contributed by atoms with Gasteiger partial charge in [-0.25, -0.2) is 14.6 Å². The maximum Gasteiger partial charge on any atom is 0.356 e. The number of thiazole rings is 1. The summed E-state index contributed by atoms with van der Waals surface area (Å²) in [5, 5.41) is 12.5. The molecule has 0 saturated carbocycles. The zero-order valence-corrected chi connectivity index (χ0v) is 45.8. The fraction of sp³-hybridized carbons (Fsp3) is 0.121. The van der Waals surface area contributed by atoms with E-state index in [9.17, 15) is 14.4 Å². The van der Waals surface area contributed by atoms with Gasteiger partial charge in [0.2, 0.25) is 6.10 Å². The molecular weight excluding hydrogens is 1070 g/mol. The summed E-state index contributed by atoms with van der Waals surface area (Å²) in [6.07, 6.45) is -3.11. The Morgan fingerprint density at radius 1 is 0.605 bits per heavy atom. The van der Waals surface area contributed by atoms with E-state index in [-0.39, 0.29) is 28.7 Å². The minimum atomic E-state index is -1.49. The maximum absolute atomic E-state index is 15.2. The number of anilines is 1. The highest BCUT2D eigenvalue weighted by atomic mass is 35.5. The van der Waals surface area contributed by atoms with Gasteiger partial charge in [0.25, 0.3) is 11.8 Å². The first-order valence-corrected chi connectivity index (χ1v) is 28.6. The molecule has 2 unspecified atom stereocenters. The minimum absolute atomic E-state index is 0.0285. The number of hydrogen-bond donors (Lipinski definition) is 2.